The number of pyridine rings is 1. The average Bonchev–Trinajstić information content (AvgIpc) is 3.34. The number of aromatic nitrogens is 2. The molecule has 0 aliphatic rings. The summed E-state index contributed by atoms with van der Waals surface area (Å²) in [7, 11) is 3.21. The van der Waals surface area contributed by atoms with Crippen LogP contribution in [0, 0.1) is 5.82 Å². The molecule has 39 heavy (non-hydrogen) atoms. The van der Waals surface area contributed by atoms with Crippen LogP contribution < -0.4 is 14.8 Å². The molecule has 2 heterocycles. The molecular weight excluding hydrogens is 493 g/mol. The standard InChI is InChI=1S/C32H30FN3O3/c1-38-30-12-9-24(17-31(30)39-2)27(18-32(37)35-19-22-13-15-34-16-14-22)28-21-36(29-6-4-3-5-26(28)29)20-23-7-10-25(33)11-8-23/h3-17,21,27H,18-20H2,1-2H3,(H,35,37). The maximum absolute atomic E-state index is 13.5. The summed E-state index contributed by atoms with van der Waals surface area (Å²) >= 11 is 0. The number of carbonyl (C=O) groups excluding carboxylic acids is 1. The number of para-hydroxylation sites is 1. The number of carbonyl (C=O) groups is 1. The molecule has 2 aromatic heterocycles. The Bertz CT molecular complexity index is 1570. The first kappa shape index (κ1) is 26.0. The van der Waals surface area contributed by atoms with Crippen LogP contribution in [0.5, 0.6) is 11.5 Å². The zero-order valence-corrected chi connectivity index (χ0v) is 21.9. The van der Waals surface area contributed by atoms with Crippen LogP contribution in [0.3, 0.4) is 0 Å². The highest BCUT2D eigenvalue weighted by Gasteiger charge is 2.24. The zero-order valence-electron chi connectivity index (χ0n) is 21.9. The summed E-state index contributed by atoms with van der Waals surface area (Å²) in [5, 5.41) is 4.11. The van der Waals surface area contributed by atoms with E-state index in [4.69, 9.17) is 9.47 Å². The Morgan fingerprint density at radius 2 is 1.67 bits per heavy atom. The van der Waals surface area contributed by atoms with E-state index in [9.17, 15) is 9.18 Å². The predicted molar refractivity (Wildman–Crippen MR) is 150 cm³/mol. The van der Waals surface area contributed by atoms with Gasteiger partial charge in [0.25, 0.3) is 0 Å². The van der Waals surface area contributed by atoms with Crippen molar-refractivity contribution in [1.82, 2.24) is 14.9 Å². The molecule has 0 saturated heterocycles. The molecule has 1 amide bonds. The number of hydrogen-bond donors (Lipinski definition) is 1. The van der Waals surface area contributed by atoms with Crippen molar-refractivity contribution in [3.05, 3.63) is 126 Å². The van der Waals surface area contributed by atoms with E-state index in [0.29, 0.717) is 24.6 Å². The van der Waals surface area contributed by atoms with Gasteiger partial charge in [-0.05, 0) is 64.7 Å². The summed E-state index contributed by atoms with van der Waals surface area (Å²) in [4.78, 5) is 17.3. The van der Waals surface area contributed by atoms with Crippen molar-refractivity contribution >= 4 is 16.8 Å². The zero-order chi connectivity index (χ0) is 27.2. The Kier molecular flexibility index (Phi) is 7.87. The molecule has 7 heteroatoms. The van der Waals surface area contributed by atoms with Crippen molar-refractivity contribution in [2.45, 2.75) is 25.4 Å². The minimum absolute atomic E-state index is 0.0676. The summed E-state index contributed by atoms with van der Waals surface area (Å²) in [6.07, 6.45) is 5.77. The quantitative estimate of drug-likeness (QED) is 0.241. The molecule has 0 spiro atoms. The van der Waals surface area contributed by atoms with E-state index >= 15 is 0 Å². The minimum atomic E-state index is -0.261. The number of ether oxygens (including phenoxy) is 2. The number of rotatable bonds is 10. The smallest absolute Gasteiger partial charge is 0.221 e. The van der Waals surface area contributed by atoms with E-state index in [2.05, 4.69) is 33.2 Å². The van der Waals surface area contributed by atoms with Gasteiger partial charge in [-0.25, -0.2) is 4.39 Å². The van der Waals surface area contributed by atoms with E-state index in [1.807, 2.05) is 42.5 Å². The fourth-order valence-electron chi connectivity index (χ4n) is 4.91. The molecule has 0 aliphatic heterocycles. The number of nitrogens with zero attached hydrogens (tertiary/aromatic N) is 2. The Morgan fingerprint density at radius 3 is 2.41 bits per heavy atom. The molecule has 3 aromatic carbocycles. The van der Waals surface area contributed by atoms with Gasteiger partial charge in [0, 0.05) is 54.9 Å². The molecule has 0 aliphatic carbocycles. The average molecular weight is 524 g/mol. The SMILES string of the molecule is COc1ccc(C(CC(=O)NCc2ccncc2)c2cn(Cc3ccc(F)cc3)c3ccccc23)cc1OC. The van der Waals surface area contributed by atoms with Crippen LogP contribution in [0.25, 0.3) is 10.9 Å². The van der Waals surface area contributed by atoms with Crippen molar-refractivity contribution < 1.29 is 18.7 Å². The van der Waals surface area contributed by atoms with Crippen molar-refractivity contribution in [1.29, 1.82) is 0 Å². The van der Waals surface area contributed by atoms with Crippen molar-refractivity contribution in [3.63, 3.8) is 0 Å². The number of methoxy groups -OCH3 is 2. The number of fused-ring (bicyclic) bond motifs is 1. The fourth-order valence-corrected chi connectivity index (χ4v) is 4.91. The van der Waals surface area contributed by atoms with E-state index in [0.717, 1.165) is 33.2 Å². The van der Waals surface area contributed by atoms with Crippen LogP contribution >= 0.6 is 0 Å². The Labute approximate surface area is 227 Å². The lowest BCUT2D eigenvalue weighted by Crippen LogP contribution is -2.25. The lowest BCUT2D eigenvalue weighted by atomic mass is 9.87. The van der Waals surface area contributed by atoms with E-state index in [1.54, 1.807) is 38.7 Å². The Balaban J connectivity index is 1.53. The maximum atomic E-state index is 13.5. The molecule has 1 N–H and O–H groups in total. The summed E-state index contributed by atoms with van der Waals surface area (Å²) < 4.78 is 26.7. The van der Waals surface area contributed by atoms with Crippen LogP contribution in [-0.4, -0.2) is 29.7 Å². The van der Waals surface area contributed by atoms with E-state index in [1.165, 1.54) is 12.1 Å². The molecular formula is C32H30FN3O3. The number of halogens is 1. The van der Waals surface area contributed by atoms with Gasteiger partial charge in [-0.15, -0.1) is 0 Å². The van der Waals surface area contributed by atoms with Crippen LogP contribution in [0.2, 0.25) is 0 Å². The van der Waals surface area contributed by atoms with Crippen LogP contribution in [0.4, 0.5) is 4.39 Å². The summed E-state index contributed by atoms with van der Waals surface area (Å²) in [6.45, 7) is 1.00. The van der Waals surface area contributed by atoms with Gasteiger partial charge in [0.05, 0.1) is 14.2 Å². The van der Waals surface area contributed by atoms with Crippen molar-refractivity contribution in [2.75, 3.05) is 14.2 Å². The van der Waals surface area contributed by atoms with Gasteiger partial charge in [-0.1, -0.05) is 36.4 Å². The highest BCUT2D eigenvalue weighted by atomic mass is 19.1. The molecule has 0 radical (unpaired) electrons. The monoisotopic (exact) mass is 523 g/mol. The normalized spacial score (nSPS) is 11.8. The topological polar surface area (TPSA) is 65.4 Å². The molecule has 1 atom stereocenters. The van der Waals surface area contributed by atoms with Crippen LogP contribution in [-0.2, 0) is 17.9 Å². The van der Waals surface area contributed by atoms with Gasteiger partial charge in [0.15, 0.2) is 11.5 Å². The molecule has 198 valence electrons. The van der Waals surface area contributed by atoms with Gasteiger partial charge in [-0.3, -0.25) is 9.78 Å². The number of amides is 1. The van der Waals surface area contributed by atoms with Gasteiger partial charge in [0.1, 0.15) is 5.82 Å². The van der Waals surface area contributed by atoms with Crippen LogP contribution in [0.1, 0.15) is 34.6 Å². The fraction of sp³-hybridized carbons (Fsp3) is 0.188. The van der Waals surface area contributed by atoms with Gasteiger partial charge in [0.2, 0.25) is 5.91 Å². The highest BCUT2D eigenvalue weighted by molar-refractivity contribution is 5.87. The van der Waals surface area contributed by atoms with Gasteiger partial charge in [-0.2, -0.15) is 0 Å². The molecule has 5 aromatic rings. The number of benzene rings is 3. The second kappa shape index (κ2) is 11.8. The molecule has 0 bridgehead atoms. The number of nitrogens with one attached hydrogen (secondary N) is 1. The van der Waals surface area contributed by atoms with Crippen LogP contribution in [0.15, 0.2) is 97.5 Å². The largest absolute Gasteiger partial charge is 0.493 e. The first-order chi connectivity index (χ1) is 19.1. The first-order valence-electron chi connectivity index (χ1n) is 12.8. The van der Waals surface area contributed by atoms with E-state index < -0.39 is 0 Å². The molecule has 1 unspecified atom stereocenters. The first-order valence-corrected chi connectivity index (χ1v) is 12.8. The van der Waals surface area contributed by atoms with Gasteiger partial charge < -0.3 is 19.4 Å². The summed E-state index contributed by atoms with van der Waals surface area (Å²) in [5.41, 5.74) is 4.98. The highest BCUT2D eigenvalue weighted by Crippen LogP contribution is 2.38. The Morgan fingerprint density at radius 1 is 0.923 bits per heavy atom. The van der Waals surface area contributed by atoms with Crippen molar-refractivity contribution in [3.8, 4) is 11.5 Å². The molecule has 5 rings (SSSR count). The summed E-state index contributed by atoms with van der Waals surface area (Å²) in [6, 6.07) is 24.2. The molecule has 6 nitrogen and oxygen atoms in total. The Hall–Kier alpha value is -4.65. The molecule has 0 fully saturated rings. The molecule has 0 saturated carbocycles. The third-order valence-corrected chi connectivity index (χ3v) is 6.90. The lowest BCUT2D eigenvalue weighted by molar-refractivity contribution is -0.121. The lowest BCUT2D eigenvalue weighted by Gasteiger charge is -2.19. The third-order valence-electron chi connectivity index (χ3n) is 6.90. The number of hydrogen-bond acceptors (Lipinski definition) is 4. The van der Waals surface area contributed by atoms with E-state index in [-0.39, 0.29) is 24.1 Å². The predicted octanol–water partition coefficient (Wildman–Crippen LogP) is 6.08. The minimum Gasteiger partial charge on any atom is -0.493 e. The second-order valence-electron chi connectivity index (χ2n) is 9.36. The summed E-state index contributed by atoms with van der Waals surface area (Å²) in [5.74, 6) is 0.653. The second-order valence-corrected chi connectivity index (χ2v) is 9.36. The third kappa shape index (κ3) is 5.93. The van der Waals surface area contributed by atoms with Crippen molar-refractivity contribution in [2.24, 2.45) is 0 Å². The van der Waals surface area contributed by atoms with Gasteiger partial charge >= 0.3 is 0 Å². The maximum Gasteiger partial charge on any atom is 0.221 e.